The third-order valence-electron chi connectivity index (χ3n) is 2.74. The average molecular weight is 254 g/mol. The first kappa shape index (κ1) is 10.00. The second kappa shape index (κ2) is 3.68. The molecule has 0 atom stereocenters. The second-order valence-electron chi connectivity index (χ2n) is 3.73. The number of H-pyrrole nitrogens is 1. The van der Waals surface area contributed by atoms with Crippen molar-refractivity contribution in [2.24, 2.45) is 0 Å². The van der Waals surface area contributed by atoms with Crippen molar-refractivity contribution in [3.8, 4) is 11.3 Å². The molecule has 0 fully saturated rings. The maximum atomic E-state index is 6.00. The van der Waals surface area contributed by atoms with Gasteiger partial charge in [0.05, 0.1) is 15.7 Å². The fourth-order valence-electron chi connectivity index (χ4n) is 1.95. The van der Waals surface area contributed by atoms with Gasteiger partial charge in [-0.25, -0.2) is 0 Å². The van der Waals surface area contributed by atoms with E-state index in [1.807, 2.05) is 12.1 Å². The Balaban J connectivity index is 2.11. The summed E-state index contributed by atoms with van der Waals surface area (Å²) in [5.74, 6) is 0.945. The average Bonchev–Trinajstić information content (AvgIpc) is 2.83. The Hall–Kier alpha value is -1.19. The number of nitrogens with zero attached hydrogens (tertiary/aromatic N) is 1. The van der Waals surface area contributed by atoms with E-state index in [0.29, 0.717) is 10.0 Å². The van der Waals surface area contributed by atoms with Gasteiger partial charge in [0.25, 0.3) is 0 Å². The first-order valence-electron chi connectivity index (χ1n) is 5.02. The lowest BCUT2D eigenvalue weighted by Crippen LogP contribution is -1.94. The Labute approximate surface area is 103 Å². The maximum absolute atomic E-state index is 6.00. The summed E-state index contributed by atoms with van der Waals surface area (Å²) in [6.45, 7) is 0.945. The lowest BCUT2D eigenvalue weighted by molar-refractivity contribution is 1.04. The van der Waals surface area contributed by atoms with Crippen LogP contribution in [0.5, 0.6) is 0 Å². The van der Waals surface area contributed by atoms with E-state index < -0.39 is 0 Å². The topological polar surface area (TPSA) is 40.7 Å². The highest BCUT2D eigenvalue weighted by atomic mass is 35.5. The fourth-order valence-corrected chi connectivity index (χ4v) is 2.25. The molecule has 2 heterocycles. The van der Waals surface area contributed by atoms with Gasteiger partial charge in [-0.15, -0.1) is 0 Å². The standard InChI is InChI=1S/C11H9Cl2N3/c12-8-2-1-6(5-9(8)13)10-7-3-4-14-11(7)16-15-10/h1-2,5H,3-4H2,(H2,14,15,16). The Morgan fingerprint density at radius 3 is 2.88 bits per heavy atom. The highest BCUT2D eigenvalue weighted by Crippen LogP contribution is 2.33. The van der Waals surface area contributed by atoms with Gasteiger partial charge >= 0.3 is 0 Å². The fraction of sp³-hybridized carbons (Fsp3) is 0.182. The molecule has 0 saturated heterocycles. The molecule has 0 unspecified atom stereocenters. The van der Waals surface area contributed by atoms with E-state index in [1.54, 1.807) is 6.07 Å². The summed E-state index contributed by atoms with van der Waals surface area (Å²) < 4.78 is 0. The van der Waals surface area contributed by atoms with Gasteiger partial charge in [0.15, 0.2) is 5.82 Å². The van der Waals surface area contributed by atoms with E-state index in [4.69, 9.17) is 23.2 Å². The zero-order valence-corrected chi connectivity index (χ0v) is 9.86. The van der Waals surface area contributed by atoms with Crippen LogP contribution >= 0.6 is 23.2 Å². The third kappa shape index (κ3) is 1.47. The molecule has 5 heteroatoms. The van der Waals surface area contributed by atoms with Crippen molar-refractivity contribution >= 4 is 29.0 Å². The molecule has 0 radical (unpaired) electrons. The third-order valence-corrected chi connectivity index (χ3v) is 3.48. The van der Waals surface area contributed by atoms with Gasteiger partial charge in [-0.2, -0.15) is 5.10 Å². The number of benzene rings is 1. The molecule has 0 bridgehead atoms. The Bertz CT molecular complexity index is 548. The molecule has 0 amide bonds. The minimum atomic E-state index is 0.563. The van der Waals surface area contributed by atoms with Gasteiger partial charge in [0, 0.05) is 17.7 Å². The van der Waals surface area contributed by atoms with Crippen molar-refractivity contribution in [2.75, 3.05) is 11.9 Å². The van der Waals surface area contributed by atoms with E-state index in [-0.39, 0.29) is 0 Å². The van der Waals surface area contributed by atoms with E-state index in [1.165, 1.54) is 5.56 Å². The number of aromatic nitrogens is 2. The maximum Gasteiger partial charge on any atom is 0.151 e. The zero-order valence-electron chi connectivity index (χ0n) is 8.35. The quantitative estimate of drug-likeness (QED) is 0.819. The Morgan fingerprint density at radius 2 is 2.06 bits per heavy atom. The number of halogens is 2. The first-order chi connectivity index (χ1) is 7.75. The number of nitrogens with one attached hydrogen (secondary N) is 2. The van der Waals surface area contributed by atoms with E-state index in [0.717, 1.165) is 30.0 Å². The summed E-state index contributed by atoms with van der Waals surface area (Å²) in [7, 11) is 0. The molecular weight excluding hydrogens is 245 g/mol. The van der Waals surface area contributed by atoms with Crippen LogP contribution in [0.3, 0.4) is 0 Å². The van der Waals surface area contributed by atoms with Crippen LogP contribution in [-0.4, -0.2) is 16.7 Å². The minimum Gasteiger partial charge on any atom is -0.368 e. The molecule has 16 heavy (non-hydrogen) atoms. The molecule has 0 spiro atoms. The van der Waals surface area contributed by atoms with Crippen LogP contribution in [0.4, 0.5) is 5.82 Å². The van der Waals surface area contributed by atoms with E-state index in [9.17, 15) is 0 Å². The molecule has 3 nitrogen and oxygen atoms in total. The van der Waals surface area contributed by atoms with Crippen LogP contribution in [0.25, 0.3) is 11.3 Å². The molecule has 0 saturated carbocycles. The highest BCUT2D eigenvalue weighted by molar-refractivity contribution is 6.42. The van der Waals surface area contributed by atoms with Crippen molar-refractivity contribution in [3.63, 3.8) is 0 Å². The van der Waals surface area contributed by atoms with Crippen LogP contribution in [0.1, 0.15) is 5.56 Å². The SMILES string of the molecule is Clc1ccc(-c2[nH]nc3c2CCN3)cc1Cl. The summed E-state index contributed by atoms with van der Waals surface area (Å²) in [4.78, 5) is 0. The summed E-state index contributed by atoms with van der Waals surface area (Å²) >= 11 is 11.9. The van der Waals surface area contributed by atoms with Crippen molar-refractivity contribution in [1.82, 2.24) is 10.2 Å². The molecule has 3 rings (SSSR count). The molecule has 82 valence electrons. The lowest BCUT2D eigenvalue weighted by Gasteiger charge is -2.02. The molecule has 1 aromatic carbocycles. The number of anilines is 1. The van der Waals surface area contributed by atoms with Gasteiger partial charge in [-0.05, 0) is 18.6 Å². The van der Waals surface area contributed by atoms with Gasteiger partial charge < -0.3 is 5.32 Å². The number of hydrogen-bond donors (Lipinski definition) is 2. The lowest BCUT2D eigenvalue weighted by atomic mass is 10.1. The highest BCUT2D eigenvalue weighted by Gasteiger charge is 2.19. The van der Waals surface area contributed by atoms with Crippen LogP contribution in [0.2, 0.25) is 10.0 Å². The van der Waals surface area contributed by atoms with Gasteiger partial charge in [0.2, 0.25) is 0 Å². The largest absolute Gasteiger partial charge is 0.368 e. The number of rotatable bonds is 1. The molecule has 2 N–H and O–H groups in total. The number of fused-ring (bicyclic) bond motifs is 1. The molecular formula is C11H9Cl2N3. The Morgan fingerprint density at radius 1 is 1.19 bits per heavy atom. The summed E-state index contributed by atoms with van der Waals surface area (Å²) in [5.41, 5.74) is 3.27. The number of hydrogen-bond acceptors (Lipinski definition) is 2. The monoisotopic (exact) mass is 253 g/mol. The van der Waals surface area contributed by atoms with Crippen LogP contribution in [0.15, 0.2) is 18.2 Å². The van der Waals surface area contributed by atoms with Crippen molar-refractivity contribution < 1.29 is 0 Å². The van der Waals surface area contributed by atoms with Crippen LogP contribution in [-0.2, 0) is 6.42 Å². The Kier molecular flexibility index (Phi) is 2.30. The second-order valence-corrected chi connectivity index (χ2v) is 4.55. The summed E-state index contributed by atoms with van der Waals surface area (Å²) in [6, 6.07) is 5.60. The van der Waals surface area contributed by atoms with E-state index in [2.05, 4.69) is 15.5 Å². The molecule has 1 aliphatic heterocycles. The predicted molar refractivity (Wildman–Crippen MR) is 66.2 cm³/mol. The zero-order chi connectivity index (χ0) is 11.1. The van der Waals surface area contributed by atoms with Crippen LogP contribution < -0.4 is 5.32 Å². The van der Waals surface area contributed by atoms with E-state index >= 15 is 0 Å². The first-order valence-corrected chi connectivity index (χ1v) is 5.78. The normalized spacial score (nSPS) is 13.6. The smallest absolute Gasteiger partial charge is 0.151 e. The minimum absolute atomic E-state index is 0.563. The van der Waals surface area contributed by atoms with Crippen LogP contribution in [0, 0.1) is 0 Å². The molecule has 1 aromatic heterocycles. The van der Waals surface area contributed by atoms with Crippen molar-refractivity contribution in [1.29, 1.82) is 0 Å². The number of aromatic amines is 1. The van der Waals surface area contributed by atoms with Crippen molar-refractivity contribution in [3.05, 3.63) is 33.8 Å². The summed E-state index contributed by atoms with van der Waals surface area (Å²) in [5, 5.41) is 11.6. The van der Waals surface area contributed by atoms with Gasteiger partial charge in [0.1, 0.15) is 0 Å². The molecule has 1 aliphatic rings. The van der Waals surface area contributed by atoms with Crippen molar-refractivity contribution in [2.45, 2.75) is 6.42 Å². The molecule has 0 aliphatic carbocycles. The molecule has 2 aromatic rings. The predicted octanol–water partition coefficient (Wildman–Crippen LogP) is 3.35. The van der Waals surface area contributed by atoms with Gasteiger partial charge in [-0.3, -0.25) is 5.10 Å². The summed E-state index contributed by atoms with van der Waals surface area (Å²) in [6.07, 6.45) is 0.988. The van der Waals surface area contributed by atoms with Gasteiger partial charge in [-0.1, -0.05) is 29.3 Å².